The molecule has 140 valence electrons. The Morgan fingerprint density at radius 2 is 1.64 bits per heavy atom. The molecule has 0 radical (unpaired) electrons. The number of aryl methyl sites for hydroxylation is 1. The quantitative estimate of drug-likeness (QED) is 0.410. The fraction of sp³-hybridized carbons (Fsp3) is 0.136. The van der Waals surface area contributed by atoms with Gasteiger partial charge in [0, 0.05) is 23.6 Å². The summed E-state index contributed by atoms with van der Waals surface area (Å²) in [5, 5.41) is 18.4. The summed E-state index contributed by atoms with van der Waals surface area (Å²) < 4.78 is 0. The molecule has 0 fully saturated rings. The molecule has 1 heterocycles. The van der Waals surface area contributed by atoms with Gasteiger partial charge in [0.2, 0.25) is 0 Å². The van der Waals surface area contributed by atoms with Crippen molar-refractivity contribution in [3.63, 3.8) is 0 Å². The first-order valence-corrected chi connectivity index (χ1v) is 9.33. The molecule has 0 N–H and O–H groups in total. The fourth-order valence-corrected chi connectivity index (χ4v) is 3.47. The molecule has 0 saturated carbocycles. The molecule has 3 aromatic rings. The zero-order chi connectivity index (χ0) is 19.7. The van der Waals surface area contributed by atoms with Gasteiger partial charge in [-0.1, -0.05) is 53.6 Å². The predicted molar refractivity (Wildman–Crippen MR) is 112 cm³/mol. The van der Waals surface area contributed by atoms with Gasteiger partial charge < -0.3 is 0 Å². The largest absolute Gasteiger partial charge is 0.269 e. The van der Waals surface area contributed by atoms with Gasteiger partial charge >= 0.3 is 0 Å². The number of anilines is 1. The third-order valence-corrected chi connectivity index (χ3v) is 5.13. The number of hydrazone groups is 1. The van der Waals surface area contributed by atoms with Crippen LogP contribution in [-0.4, -0.2) is 10.6 Å². The highest BCUT2D eigenvalue weighted by atomic mass is 35.5. The van der Waals surface area contributed by atoms with Gasteiger partial charge in [-0.15, -0.1) is 0 Å². The van der Waals surface area contributed by atoms with E-state index in [1.807, 2.05) is 29.3 Å². The van der Waals surface area contributed by atoms with E-state index in [0.29, 0.717) is 5.02 Å². The van der Waals surface area contributed by atoms with Crippen LogP contribution < -0.4 is 5.01 Å². The van der Waals surface area contributed by atoms with Crippen LogP contribution in [0.4, 0.5) is 11.4 Å². The van der Waals surface area contributed by atoms with Crippen molar-refractivity contribution in [2.24, 2.45) is 5.10 Å². The summed E-state index contributed by atoms with van der Waals surface area (Å²) in [6.45, 7) is 2.06. The number of non-ortho nitro benzene ring substituents is 1. The molecule has 0 unspecified atom stereocenters. The van der Waals surface area contributed by atoms with Crippen molar-refractivity contribution in [1.29, 1.82) is 0 Å². The second-order valence-electron chi connectivity index (χ2n) is 6.80. The summed E-state index contributed by atoms with van der Waals surface area (Å²) in [5.74, 6) is 0. The van der Waals surface area contributed by atoms with E-state index in [-0.39, 0.29) is 11.7 Å². The van der Waals surface area contributed by atoms with Crippen LogP contribution in [0.3, 0.4) is 0 Å². The van der Waals surface area contributed by atoms with Crippen LogP contribution in [-0.2, 0) is 0 Å². The number of nitro benzene ring substituents is 1. The number of nitro groups is 1. The van der Waals surface area contributed by atoms with E-state index in [1.165, 1.54) is 17.7 Å². The average Bonchev–Trinajstić information content (AvgIpc) is 3.14. The molecule has 0 saturated heterocycles. The Morgan fingerprint density at radius 1 is 1.00 bits per heavy atom. The van der Waals surface area contributed by atoms with E-state index in [9.17, 15) is 10.1 Å². The minimum absolute atomic E-state index is 0.00461. The molecule has 28 heavy (non-hydrogen) atoms. The van der Waals surface area contributed by atoms with E-state index in [0.717, 1.165) is 28.9 Å². The van der Waals surface area contributed by atoms with Gasteiger partial charge in [0.05, 0.1) is 22.4 Å². The highest BCUT2D eigenvalue weighted by Gasteiger charge is 2.30. The van der Waals surface area contributed by atoms with Crippen molar-refractivity contribution in [1.82, 2.24) is 0 Å². The third kappa shape index (κ3) is 3.62. The van der Waals surface area contributed by atoms with Gasteiger partial charge in [0.15, 0.2) is 0 Å². The lowest BCUT2D eigenvalue weighted by Crippen LogP contribution is -2.18. The molecule has 0 spiro atoms. The first-order chi connectivity index (χ1) is 13.5. The lowest BCUT2D eigenvalue weighted by molar-refractivity contribution is -0.384. The van der Waals surface area contributed by atoms with E-state index in [4.69, 9.17) is 16.7 Å². The Balaban J connectivity index is 1.73. The molecule has 0 aliphatic carbocycles. The van der Waals surface area contributed by atoms with Gasteiger partial charge in [-0.2, -0.15) is 5.10 Å². The summed E-state index contributed by atoms with van der Waals surface area (Å²) in [5.41, 5.74) is 5.23. The average molecular weight is 392 g/mol. The predicted octanol–water partition coefficient (Wildman–Crippen LogP) is 5.91. The van der Waals surface area contributed by atoms with Crippen molar-refractivity contribution in [2.45, 2.75) is 19.4 Å². The van der Waals surface area contributed by atoms with Crippen molar-refractivity contribution >= 4 is 28.7 Å². The number of hydrogen-bond acceptors (Lipinski definition) is 4. The number of nitrogens with zero attached hydrogens (tertiary/aromatic N) is 3. The molecule has 3 aromatic carbocycles. The van der Waals surface area contributed by atoms with E-state index >= 15 is 0 Å². The number of halogens is 1. The maximum absolute atomic E-state index is 11.0. The molecule has 0 bridgehead atoms. The van der Waals surface area contributed by atoms with Crippen LogP contribution in [0, 0.1) is 17.0 Å². The molecule has 0 aromatic heterocycles. The zero-order valence-corrected chi connectivity index (χ0v) is 16.0. The maximum atomic E-state index is 11.0. The van der Waals surface area contributed by atoms with Crippen LogP contribution in [0.2, 0.25) is 5.02 Å². The summed E-state index contributed by atoms with van der Waals surface area (Å²) in [4.78, 5) is 10.6. The minimum atomic E-state index is -0.397. The first-order valence-electron chi connectivity index (χ1n) is 8.95. The number of rotatable bonds is 4. The van der Waals surface area contributed by atoms with Gasteiger partial charge in [-0.25, -0.2) is 0 Å². The standard InChI is InChI=1S/C22H18ClN3O2/c1-15-2-4-16(5-3-15)21-14-22(17-6-8-18(23)9-7-17)25(24-21)19-10-12-20(13-11-19)26(27)28/h2-13,22H,14H2,1H3/t22-/m0/s1. The van der Waals surface area contributed by atoms with Crippen LogP contribution in [0.1, 0.15) is 29.2 Å². The fourth-order valence-electron chi connectivity index (χ4n) is 3.34. The van der Waals surface area contributed by atoms with Crippen LogP contribution in [0.15, 0.2) is 77.9 Å². The maximum Gasteiger partial charge on any atom is 0.269 e. The molecule has 1 aliphatic heterocycles. The first kappa shape index (κ1) is 18.2. The zero-order valence-electron chi connectivity index (χ0n) is 15.2. The molecule has 0 amide bonds. The molecule has 5 nitrogen and oxygen atoms in total. The smallest absolute Gasteiger partial charge is 0.258 e. The Morgan fingerprint density at radius 3 is 2.25 bits per heavy atom. The topological polar surface area (TPSA) is 58.7 Å². The Hall–Kier alpha value is -3.18. The van der Waals surface area contributed by atoms with Gasteiger partial charge in [-0.05, 0) is 42.3 Å². The molecular weight excluding hydrogens is 374 g/mol. The van der Waals surface area contributed by atoms with Gasteiger partial charge in [0.1, 0.15) is 0 Å². The second-order valence-corrected chi connectivity index (χ2v) is 7.24. The van der Waals surface area contributed by atoms with Crippen molar-refractivity contribution in [3.05, 3.63) is 105 Å². The Labute approximate surface area is 168 Å². The molecule has 1 atom stereocenters. The summed E-state index contributed by atoms with van der Waals surface area (Å²) >= 11 is 6.05. The van der Waals surface area contributed by atoms with Crippen molar-refractivity contribution < 1.29 is 4.92 Å². The molecular formula is C22H18ClN3O2. The molecule has 4 rings (SSSR count). The summed E-state index contributed by atoms with van der Waals surface area (Å²) in [6, 6.07) is 22.5. The lowest BCUT2D eigenvalue weighted by atomic mass is 9.98. The van der Waals surface area contributed by atoms with E-state index < -0.39 is 4.92 Å². The second kappa shape index (κ2) is 7.44. The molecule has 1 aliphatic rings. The normalized spacial score (nSPS) is 16.1. The highest BCUT2D eigenvalue weighted by molar-refractivity contribution is 6.30. The van der Waals surface area contributed by atoms with E-state index in [1.54, 1.807) is 12.1 Å². The van der Waals surface area contributed by atoms with E-state index in [2.05, 4.69) is 31.2 Å². The minimum Gasteiger partial charge on any atom is -0.258 e. The highest BCUT2D eigenvalue weighted by Crippen LogP contribution is 2.37. The van der Waals surface area contributed by atoms with Gasteiger partial charge in [-0.3, -0.25) is 15.1 Å². The van der Waals surface area contributed by atoms with Crippen molar-refractivity contribution in [2.75, 3.05) is 5.01 Å². The Bertz CT molecular complexity index is 1030. The van der Waals surface area contributed by atoms with Crippen molar-refractivity contribution in [3.8, 4) is 0 Å². The molecule has 6 heteroatoms. The number of hydrogen-bond donors (Lipinski definition) is 0. The Kier molecular flexibility index (Phi) is 4.84. The van der Waals surface area contributed by atoms with Crippen LogP contribution >= 0.6 is 11.6 Å². The SMILES string of the molecule is Cc1ccc(C2=NN(c3ccc([N+](=O)[O-])cc3)[C@H](c3ccc(Cl)cc3)C2)cc1. The van der Waals surface area contributed by atoms with Crippen LogP contribution in [0.5, 0.6) is 0 Å². The summed E-state index contributed by atoms with van der Waals surface area (Å²) in [7, 11) is 0. The van der Waals surface area contributed by atoms with Crippen LogP contribution in [0.25, 0.3) is 0 Å². The van der Waals surface area contributed by atoms with Gasteiger partial charge in [0.25, 0.3) is 5.69 Å². The lowest BCUT2D eigenvalue weighted by Gasteiger charge is -2.24. The monoisotopic (exact) mass is 391 g/mol. The number of benzene rings is 3. The summed E-state index contributed by atoms with van der Waals surface area (Å²) in [6.07, 6.45) is 0.738. The third-order valence-electron chi connectivity index (χ3n) is 4.88.